The van der Waals surface area contributed by atoms with E-state index in [1.54, 1.807) is 0 Å². The highest BCUT2D eigenvalue weighted by atomic mass is 32.2. The van der Waals surface area contributed by atoms with Crippen molar-refractivity contribution >= 4 is 21.6 Å². The van der Waals surface area contributed by atoms with Crippen LogP contribution in [0, 0.1) is 17.6 Å². The molecule has 1 N–H and O–H groups in total. The van der Waals surface area contributed by atoms with Crippen molar-refractivity contribution in [2.24, 2.45) is 5.92 Å². The van der Waals surface area contributed by atoms with Crippen LogP contribution in [0.15, 0.2) is 65.8 Å². The van der Waals surface area contributed by atoms with Crippen LogP contribution in [0.25, 0.3) is 11.4 Å². The second-order valence-corrected chi connectivity index (χ2v) is 9.34. The van der Waals surface area contributed by atoms with Crippen LogP contribution in [-0.2, 0) is 14.8 Å². The van der Waals surface area contributed by atoms with Gasteiger partial charge in [0.2, 0.25) is 15.9 Å². The summed E-state index contributed by atoms with van der Waals surface area (Å²) in [6.45, 7) is 0.200. The summed E-state index contributed by atoms with van der Waals surface area (Å²) in [5, 5.41) is 2.77. The van der Waals surface area contributed by atoms with Crippen molar-refractivity contribution < 1.29 is 22.0 Å². The highest BCUT2D eigenvalue weighted by Gasteiger charge is 2.32. The van der Waals surface area contributed by atoms with Gasteiger partial charge in [0, 0.05) is 24.6 Å². The molecule has 32 heavy (non-hydrogen) atoms. The summed E-state index contributed by atoms with van der Waals surface area (Å²) >= 11 is 0. The van der Waals surface area contributed by atoms with Crippen LogP contribution in [0.3, 0.4) is 0 Å². The monoisotopic (exact) mass is 458 g/mol. The number of piperidine rings is 1. The van der Waals surface area contributed by atoms with E-state index in [4.69, 9.17) is 0 Å². The molecule has 4 rings (SSSR count). The molecular weight excluding hydrogens is 438 g/mol. The van der Waals surface area contributed by atoms with Gasteiger partial charge in [-0.05, 0) is 31.0 Å². The summed E-state index contributed by atoms with van der Waals surface area (Å²) in [5.41, 5.74) is 1.31. The molecule has 0 atom stereocenters. The minimum atomic E-state index is -3.97. The van der Waals surface area contributed by atoms with E-state index in [1.165, 1.54) is 16.7 Å². The smallest absolute Gasteiger partial charge is 0.243 e. The fourth-order valence-corrected chi connectivity index (χ4v) is 5.00. The summed E-state index contributed by atoms with van der Waals surface area (Å²) < 4.78 is 53.1. The molecular formula is C22H20F2N4O3S. The molecule has 3 aromatic rings. The average Bonchev–Trinajstić information content (AvgIpc) is 2.82. The van der Waals surface area contributed by atoms with Crippen LogP contribution in [-0.4, -0.2) is 41.7 Å². The summed E-state index contributed by atoms with van der Waals surface area (Å²) in [7, 11) is -3.97. The van der Waals surface area contributed by atoms with Gasteiger partial charge in [-0.3, -0.25) is 4.79 Å². The van der Waals surface area contributed by atoms with Crippen LogP contribution in [0.1, 0.15) is 12.8 Å². The molecule has 1 saturated heterocycles. The number of carbonyl (C=O) groups is 1. The van der Waals surface area contributed by atoms with Gasteiger partial charge in [-0.2, -0.15) is 4.31 Å². The van der Waals surface area contributed by atoms with Crippen LogP contribution < -0.4 is 5.32 Å². The number of amides is 1. The van der Waals surface area contributed by atoms with Gasteiger partial charge in [0.25, 0.3) is 0 Å². The van der Waals surface area contributed by atoms with E-state index in [0.29, 0.717) is 30.4 Å². The second kappa shape index (κ2) is 9.09. The summed E-state index contributed by atoms with van der Waals surface area (Å²) in [5.74, 6) is -2.42. The molecule has 0 unspecified atom stereocenters. The highest BCUT2D eigenvalue weighted by Crippen LogP contribution is 2.26. The van der Waals surface area contributed by atoms with Crippen molar-refractivity contribution in [1.82, 2.24) is 14.3 Å². The van der Waals surface area contributed by atoms with Gasteiger partial charge in [-0.1, -0.05) is 30.3 Å². The van der Waals surface area contributed by atoms with Crippen molar-refractivity contribution in [2.45, 2.75) is 17.7 Å². The normalized spacial score (nSPS) is 15.4. The zero-order valence-electron chi connectivity index (χ0n) is 16.9. The molecule has 2 aromatic carbocycles. The van der Waals surface area contributed by atoms with Gasteiger partial charge < -0.3 is 5.32 Å². The number of benzene rings is 2. The molecule has 0 radical (unpaired) electrons. The van der Waals surface area contributed by atoms with Gasteiger partial charge >= 0.3 is 0 Å². The Bertz CT molecular complexity index is 1210. The van der Waals surface area contributed by atoms with Gasteiger partial charge in [0.1, 0.15) is 0 Å². The van der Waals surface area contributed by atoms with E-state index in [9.17, 15) is 22.0 Å². The molecule has 0 bridgehead atoms. The lowest BCUT2D eigenvalue weighted by Gasteiger charge is -2.30. The van der Waals surface area contributed by atoms with E-state index in [1.807, 2.05) is 30.3 Å². The molecule has 1 aliphatic rings. The second-order valence-electron chi connectivity index (χ2n) is 7.40. The lowest BCUT2D eigenvalue weighted by Crippen LogP contribution is -2.41. The highest BCUT2D eigenvalue weighted by molar-refractivity contribution is 7.89. The first-order valence-electron chi connectivity index (χ1n) is 9.98. The largest absolute Gasteiger partial charge is 0.323 e. The fourth-order valence-electron chi connectivity index (χ4n) is 3.52. The maximum atomic E-state index is 13.5. The summed E-state index contributed by atoms with van der Waals surface area (Å²) in [6, 6.07) is 11.9. The predicted octanol–water partition coefficient (Wildman–Crippen LogP) is 3.46. The molecule has 0 aliphatic carbocycles. The SMILES string of the molecule is O=C(Nc1cnc(-c2ccccc2)nc1)C1CCN(S(=O)(=O)c2ccc(F)c(F)c2)CC1. The van der Waals surface area contributed by atoms with Crippen LogP contribution in [0.2, 0.25) is 0 Å². The maximum Gasteiger partial charge on any atom is 0.243 e. The van der Waals surface area contributed by atoms with E-state index >= 15 is 0 Å². The number of hydrogen-bond donors (Lipinski definition) is 1. The number of halogens is 2. The number of carbonyl (C=O) groups excluding carboxylic acids is 1. The maximum absolute atomic E-state index is 13.5. The Balaban J connectivity index is 1.36. The summed E-state index contributed by atoms with van der Waals surface area (Å²) in [4.78, 5) is 20.8. The third kappa shape index (κ3) is 4.66. The van der Waals surface area contributed by atoms with Crippen molar-refractivity contribution in [3.05, 3.63) is 72.6 Å². The Morgan fingerprint density at radius 3 is 2.25 bits per heavy atom. The van der Waals surface area contributed by atoms with Crippen LogP contribution >= 0.6 is 0 Å². The van der Waals surface area contributed by atoms with Crippen molar-refractivity contribution in [3.8, 4) is 11.4 Å². The average molecular weight is 458 g/mol. The van der Waals surface area contributed by atoms with E-state index in [0.717, 1.165) is 17.7 Å². The number of rotatable bonds is 5. The van der Waals surface area contributed by atoms with Crippen molar-refractivity contribution in [2.75, 3.05) is 18.4 Å². The molecule has 1 amide bonds. The van der Waals surface area contributed by atoms with E-state index < -0.39 is 21.7 Å². The first-order valence-corrected chi connectivity index (χ1v) is 11.4. The Hall–Kier alpha value is -3.24. The number of sulfonamides is 1. The van der Waals surface area contributed by atoms with Gasteiger partial charge in [-0.25, -0.2) is 27.2 Å². The standard InChI is InChI=1S/C22H20F2N4O3S/c23-19-7-6-18(12-20(19)24)32(30,31)28-10-8-16(9-11-28)22(29)27-17-13-25-21(26-14-17)15-4-2-1-3-5-15/h1-7,12-14,16H,8-11H2,(H,27,29). The summed E-state index contributed by atoms with van der Waals surface area (Å²) in [6.07, 6.45) is 3.65. The Kier molecular flexibility index (Phi) is 6.24. The fraction of sp³-hybridized carbons (Fsp3) is 0.227. The van der Waals surface area contributed by atoms with Gasteiger partial charge in [0.15, 0.2) is 17.5 Å². The quantitative estimate of drug-likeness (QED) is 0.632. The third-order valence-corrected chi connectivity index (χ3v) is 7.20. The Morgan fingerprint density at radius 2 is 1.62 bits per heavy atom. The molecule has 1 fully saturated rings. The van der Waals surface area contributed by atoms with Crippen molar-refractivity contribution in [3.63, 3.8) is 0 Å². The number of aromatic nitrogens is 2. The van der Waals surface area contributed by atoms with Crippen molar-refractivity contribution in [1.29, 1.82) is 0 Å². The van der Waals surface area contributed by atoms with Crippen LogP contribution in [0.4, 0.5) is 14.5 Å². The molecule has 0 spiro atoms. The third-order valence-electron chi connectivity index (χ3n) is 5.30. The zero-order chi connectivity index (χ0) is 22.7. The van der Waals surface area contributed by atoms with Gasteiger partial charge in [0.05, 0.1) is 23.0 Å². The Morgan fingerprint density at radius 1 is 0.969 bits per heavy atom. The first-order chi connectivity index (χ1) is 15.3. The van der Waals surface area contributed by atoms with Gasteiger partial charge in [-0.15, -0.1) is 0 Å². The Labute approximate surface area is 184 Å². The molecule has 166 valence electrons. The molecule has 10 heteroatoms. The molecule has 7 nitrogen and oxygen atoms in total. The molecule has 1 aliphatic heterocycles. The number of anilines is 1. The molecule has 2 heterocycles. The molecule has 1 aromatic heterocycles. The first kappa shape index (κ1) is 22.0. The minimum absolute atomic E-state index is 0.100. The predicted molar refractivity (Wildman–Crippen MR) is 114 cm³/mol. The lowest BCUT2D eigenvalue weighted by atomic mass is 9.97. The lowest BCUT2D eigenvalue weighted by molar-refractivity contribution is -0.120. The number of hydrogen-bond acceptors (Lipinski definition) is 5. The van der Waals surface area contributed by atoms with Crippen LogP contribution in [0.5, 0.6) is 0 Å². The minimum Gasteiger partial charge on any atom is -0.323 e. The zero-order valence-corrected chi connectivity index (χ0v) is 17.7. The number of nitrogens with zero attached hydrogens (tertiary/aromatic N) is 3. The van der Waals surface area contributed by atoms with E-state index in [2.05, 4.69) is 15.3 Å². The topological polar surface area (TPSA) is 92.3 Å². The number of nitrogens with one attached hydrogen (secondary N) is 1. The van der Waals surface area contributed by atoms with E-state index in [-0.39, 0.29) is 29.8 Å². The molecule has 0 saturated carbocycles.